The second kappa shape index (κ2) is 8.97. The van der Waals surface area contributed by atoms with Crippen LogP contribution in [0.5, 0.6) is 17.2 Å². The number of carbonyl (C=O) groups excluding carboxylic acids is 1. The number of hydrogen-bond donors (Lipinski definition) is 1. The molecule has 2 aromatic rings. The summed E-state index contributed by atoms with van der Waals surface area (Å²) >= 11 is 0. The predicted octanol–water partition coefficient (Wildman–Crippen LogP) is 3.80. The van der Waals surface area contributed by atoms with E-state index >= 15 is 0 Å². The minimum atomic E-state index is -0.0525. The van der Waals surface area contributed by atoms with Crippen LogP contribution in [-0.2, 0) is 4.79 Å². The normalized spacial score (nSPS) is 16.6. The maximum Gasteiger partial charge on any atom is 0.238 e. The number of nitrogens with one attached hydrogen (secondary N) is 1. The van der Waals surface area contributed by atoms with E-state index in [1.807, 2.05) is 43.3 Å². The van der Waals surface area contributed by atoms with E-state index in [2.05, 4.69) is 10.2 Å². The smallest absolute Gasteiger partial charge is 0.238 e. The Labute approximate surface area is 166 Å². The van der Waals surface area contributed by atoms with Gasteiger partial charge in [0.2, 0.25) is 5.91 Å². The molecule has 0 spiro atoms. The molecule has 6 heteroatoms. The molecule has 1 atom stereocenters. The van der Waals surface area contributed by atoms with Crippen LogP contribution in [0.1, 0.15) is 30.0 Å². The van der Waals surface area contributed by atoms with E-state index in [-0.39, 0.29) is 11.9 Å². The first-order chi connectivity index (χ1) is 13.5. The van der Waals surface area contributed by atoms with Crippen LogP contribution in [0.25, 0.3) is 0 Å². The second-order valence-electron chi connectivity index (χ2n) is 6.99. The van der Waals surface area contributed by atoms with Crippen LogP contribution in [0.3, 0.4) is 0 Å². The number of methoxy groups -OCH3 is 3. The van der Waals surface area contributed by atoms with Crippen LogP contribution in [0, 0.1) is 6.92 Å². The van der Waals surface area contributed by atoms with E-state index in [4.69, 9.17) is 14.2 Å². The lowest BCUT2D eigenvalue weighted by molar-refractivity contribution is -0.117. The molecule has 1 aliphatic heterocycles. The Balaban J connectivity index is 1.74. The van der Waals surface area contributed by atoms with Crippen LogP contribution >= 0.6 is 0 Å². The van der Waals surface area contributed by atoms with Gasteiger partial charge in [0.25, 0.3) is 0 Å². The molecule has 1 fully saturated rings. The maximum absolute atomic E-state index is 12.7. The minimum absolute atomic E-state index is 0.0525. The van der Waals surface area contributed by atoms with Gasteiger partial charge in [0.15, 0.2) is 0 Å². The average molecular weight is 384 g/mol. The predicted molar refractivity (Wildman–Crippen MR) is 109 cm³/mol. The summed E-state index contributed by atoms with van der Waals surface area (Å²) in [5.74, 6) is 2.16. The van der Waals surface area contributed by atoms with Crippen molar-refractivity contribution >= 4 is 11.6 Å². The van der Waals surface area contributed by atoms with E-state index in [0.717, 1.165) is 42.0 Å². The number of benzene rings is 2. The molecule has 6 nitrogen and oxygen atoms in total. The third kappa shape index (κ3) is 4.39. The fourth-order valence-electron chi connectivity index (χ4n) is 3.76. The highest BCUT2D eigenvalue weighted by atomic mass is 16.5. The van der Waals surface area contributed by atoms with Gasteiger partial charge in [0.05, 0.1) is 33.6 Å². The monoisotopic (exact) mass is 384 g/mol. The molecular formula is C22H28N2O4. The third-order valence-electron chi connectivity index (χ3n) is 5.14. The lowest BCUT2D eigenvalue weighted by Gasteiger charge is -2.26. The van der Waals surface area contributed by atoms with Crippen molar-refractivity contribution in [3.8, 4) is 17.2 Å². The molecule has 0 aliphatic carbocycles. The van der Waals surface area contributed by atoms with E-state index < -0.39 is 0 Å². The van der Waals surface area contributed by atoms with E-state index in [9.17, 15) is 4.79 Å². The number of rotatable bonds is 7. The van der Waals surface area contributed by atoms with Crippen LogP contribution in [0.15, 0.2) is 36.4 Å². The second-order valence-corrected chi connectivity index (χ2v) is 6.99. The largest absolute Gasteiger partial charge is 0.497 e. The molecule has 0 bridgehead atoms. The molecule has 3 rings (SSSR count). The van der Waals surface area contributed by atoms with Crippen molar-refractivity contribution in [2.45, 2.75) is 25.8 Å². The van der Waals surface area contributed by atoms with Gasteiger partial charge in [-0.1, -0.05) is 12.1 Å². The molecule has 1 aliphatic rings. The van der Waals surface area contributed by atoms with Crippen molar-refractivity contribution in [1.29, 1.82) is 0 Å². The van der Waals surface area contributed by atoms with Crippen LogP contribution < -0.4 is 19.5 Å². The molecule has 1 heterocycles. The van der Waals surface area contributed by atoms with Crippen molar-refractivity contribution in [1.82, 2.24) is 4.90 Å². The number of ether oxygens (including phenoxy) is 3. The Morgan fingerprint density at radius 2 is 1.86 bits per heavy atom. The Morgan fingerprint density at radius 3 is 2.57 bits per heavy atom. The number of amides is 1. The van der Waals surface area contributed by atoms with Crippen molar-refractivity contribution in [2.75, 3.05) is 39.7 Å². The zero-order valence-corrected chi connectivity index (χ0v) is 17.0. The standard InChI is InChI=1S/C22H28N2O4/c1-15-7-10-20(27-3)18(12-15)23-22(25)14-24-11-5-6-19(24)17-9-8-16(26-2)13-21(17)28-4/h7-10,12-13,19H,5-6,11,14H2,1-4H3,(H,23,25). The first-order valence-corrected chi connectivity index (χ1v) is 9.46. The summed E-state index contributed by atoms with van der Waals surface area (Å²) in [6.07, 6.45) is 2.03. The molecule has 0 radical (unpaired) electrons. The van der Waals surface area contributed by atoms with Crippen LogP contribution in [0.4, 0.5) is 5.69 Å². The number of anilines is 1. The highest BCUT2D eigenvalue weighted by Crippen LogP contribution is 2.38. The third-order valence-corrected chi connectivity index (χ3v) is 5.14. The zero-order chi connectivity index (χ0) is 20.1. The molecule has 2 aromatic carbocycles. The Morgan fingerprint density at radius 1 is 1.07 bits per heavy atom. The topological polar surface area (TPSA) is 60.0 Å². The van der Waals surface area contributed by atoms with Gasteiger partial charge in [0.1, 0.15) is 17.2 Å². The Kier molecular flexibility index (Phi) is 6.41. The van der Waals surface area contributed by atoms with Crippen molar-refractivity contribution in [3.63, 3.8) is 0 Å². The van der Waals surface area contributed by atoms with Crippen molar-refractivity contribution in [3.05, 3.63) is 47.5 Å². The van der Waals surface area contributed by atoms with E-state index in [0.29, 0.717) is 18.0 Å². The van der Waals surface area contributed by atoms with Gasteiger partial charge < -0.3 is 19.5 Å². The number of carbonyl (C=O) groups is 1. The van der Waals surface area contributed by atoms with Gasteiger partial charge in [-0.25, -0.2) is 0 Å². The summed E-state index contributed by atoms with van der Waals surface area (Å²) < 4.78 is 16.2. The van der Waals surface area contributed by atoms with Gasteiger partial charge in [-0.05, 0) is 50.1 Å². The lowest BCUT2D eigenvalue weighted by atomic mass is 10.0. The summed E-state index contributed by atoms with van der Waals surface area (Å²) in [5.41, 5.74) is 2.85. The lowest BCUT2D eigenvalue weighted by Crippen LogP contribution is -2.33. The molecule has 0 saturated carbocycles. The molecule has 28 heavy (non-hydrogen) atoms. The summed E-state index contributed by atoms with van der Waals surface area (Å²) in [6.45, 7) is 3.18. The van der Waals surface area contributed by atoms with E-state index in [1.54, 1.807) is 21.3 Å². The molecule has 0 aromatic heterocycles. The number of hydrogen-bond acceptors (Lipinski definition) is 5. The maximum atomic E-state index is 12.7. The number of aryl methyl sites for hydroxylation is 1. The van der Waals surface area contributed by atoms with Gasteiger partial charge in [-0.15, -0.1) is 0 Å². The highest BCUT2D eigenvalue weighted by molar-refractivity contribution is 5.93. The molecule has 1 amide bonds. The summed E-state index contributed by atoms with van der Waals surface area (Å²) in [5, 5.41) is 2.99. The number of nitrogens with zero attached hydrogens (tertiary/aromatic N) is 1. The van der Waals surface area contributed by atoms with Gasteiger partial charge in [-0.2, -0.15) is 0 Å². The van der Waals surface area contributed by atoms with E-state index in [1.165, 1.54) is 0 Å². The molecule has 1 N–H and O–H groups in total. The van der Waals surface area contributed by atoms with Crippen LogP contribution in [-0.4, -0.2) is 45.2 Å². The fourth-order valence-corrected chi connectivity index (χ4v) is 3.76. The summed E-state index contributed by atoms with van der Waals surface area (Å²) in [4.78, 5) is 14.9. The first kappa shape index (κ1) is 20.0. The molecular weight excluding hydrogens is 356 g/mol. The van der Waals surface area contributed by atoms with Gasteiger partial charge >= 0.3 is 0 Å². The number of likely N-dealkylation sites (tertiary alicyclic amines) is 1. The fraction of sp³-hybridized carbons (Fsp3) is 0.409. The van der Waals surface area contributed by atoms with Gasteiger partial charge in [0, 0.05) is 17.7 Å². The minimum Gasteiger partial charge on any atom is -0.497 e. The van der Waals surface area contributed by atoms with Crippen molar-refractivity contribution in [2.24, 2.45) is 0 Å². The average Bonchev–Trinajstić information content (AvgIpc) is 3.15. The molecule has 1 saturated heterocycles. The highest BCUT2D eigenvalue weighted by Gasteiger charge is 2.30. The quantitative estimate of drug-likeness (QED) is 0.787. The Hall–Kier alpha value is -2.73. The summed E-state index contributed by atoms with van der Waals surface area (Å²) in [7, 11) is 4.90. The van der Waals surface area contributed by atoms with Crippen molar-refractivity contribution < 1.29 is 19.0 Å². The zero-order valence-electron chi connectivity index (χ0n) is 17.0. The van der Waals surface area contributed by atoms with Crippen LogP contribution in [0.2, 0.25) is 0 Å². The Bertz CT molecular complexity index is 837. The SMILES string of the molecule is COc1ccc(C2CCCN2CC(=O)Nc2cc(C)ccc2OC)c(OC)c1. The molecule has 1 unspecified atom stereocenters. The molecule has 150 valence electrons. The summed E-state index contributed by atoms with van der Waals surface area (Å²) in [6, 6.07) is 11.8. The van der Waals surface area contributed by atoms with Gasteiger partial charge in [-0.3, -0.25) is 9.69 Å². The first-order valence-electron chi connectivity index (χ1n) is 9.46.